The molecule has 5 nitrogen and oxygen atoms in total. The number of nitrogens with zero attached hydrogens (tertiary/aromatic N) is 2. The highest BCUT2D eigenvalue weighted by Gasteiger charge is 2.54. The average Bonchev–Trinajstić information content (AvgIpc) is 3.24. The van der Waals surface area contributed by atoms with Gasteiger partial charge < -0.3 is 10.6 Å². The van der Waals surface area contributed by atoms with Gasteiger partial charge in [0.2, 0.25) is 11.8 Å². The summed E-state index contributed by atoms with van der Waals surface area (Å²) < 4.78 is 0. The molecule has 130 valence electrons. The van der Waals surface area contributed by atoms with E-state index in [0.29, 0.717) is 6.54 Å². The summed E-state index contributed by atoms with van der Waals surface area (Å²) in [6.07, 6.45) is 0.780. The van der Waals surface area contributed by atoms with Crippen LogP contribution >= 0.6 is 11.3 Å². The summed E-state index contributed by atoms with van der Waals surface area (Å²) in [6, 6.07) is 12.1. The minimum absolute atomic E-state index is 0.0114. The van der Waals surface area contributed by atoms with Crippen molar-refractivity contribution >= 4 is 28.8 Å². The molecule has 0 radical (unpaired) electrons. The molecule has 3 heterocycles. The normalized spacial score (nSPS) is 22.8. The van der Waals surface area contributed by atoms with Gasteiger partial charge in [-0.15, -0.1) is 11.3 Å². The van der Waals surface area contributed by atoms with Crippen LogP contribution in [0.25, 0.3) is 0 Å². The average molecular weight is 355 g/mol. The maximum atomic E-state index is 13.2. The number of hydrogen-bond donors (Lipinski definition) is 1. The van der Waals surface area contributed by atoms with Crippen LogP contribution in [0.3, 0.4) is 0 Å². The van der Waals surface area contributed by atoms with E-state index in [4.69, 9.17) is 5.73 Å². The fourth-order valence-corrected chi connectivity index (χ4v) is 5.05. The Labute approximate surface area is 151 Å². The van der Waals surface area contributed by atoms with Gasteiger partial charge in [-0.1, -0.05) is 18.2 Å². The van der Waals surface area contributed by atoms with Gasteiger partial charge in [-0.25, -0.2) is 0 Å². The van der Waals surface area contributed by atoms with Crippen molar-refractivity contribution in [3.8, 4) is 0 Å². The van der Waals surface area contributed by atoms with E-state index in [1.807, 2.05) is 24.3 Å². The molecule has 1 aromatic heterocycles. The second-order valence-corrected chi connectivity index (χ2v) is 8.30. The van der Waals surface area contributed by atoms with Crippen LogP contribution in [0.1, 0.15) is 21.7 Å². The number of rotatable bonds is 4. The number of likely N-dealkylation sites (tertiary alicyclic amines) is 1. The van der Waals surface area contributed by atoms with Gasteiger partial charge in [-0.05, 0) is 43.7 Å². The molecule has 1 aromatic carbocycles. The van der Waals surface area contributed by atoms with Crippen molar-refractivity contribution in [1.82, 2.24) is 4.90 Å². The topological polar surface area (TPSA) is 66.6 Å². The summed E-state index contributed by atoms with van der Waals surface area (Å²) in [5, 5.41) is 0. The molecule has 1 atom stereocenters. The van der Waals surface area contributed by atoms with E-state index >= 15 is 0 Å². The third-order valence-electron chi connectivity index (χ3n) is 5.20. The van der Waals surface area contributed by atoms with E-state index in [9.17, 15) is 9.59 Å². The highest BCUT2D eigenvalue weighted by Crippen LogP contribution is 2.47. The summed E-state index contributed by atoms with van der Waals surface area (Å²) >= 11 is 1.80. The van der Waals surface area contributed by atoms with Crippen LogP contribution in [0.2, 0.25) is 0 Å². The van der Waals surface area contributed by atoms with E-state index in [-0.39, 0.29) is 12.5 Å². The Morgan fingerprint density at radius 3 is 2.80 bits per heavy atom. The maximum absolute atomic E-state index is 13.2. The largest absolute Gasteiger partial charge is 0.368 e. The summed E-state index contributed by atoms with van der Waals surface area (Å²) in [4.78, 5) is 31.2. The minimum Gasteiger partial charge on any atom is -0.368 e. The zero-order valence-electron chi connectivity index (χ0n) is 14.2. The third kappa shape index (κ3) is 2.65. The molecule has 0 saturated carbocycles. The zero-order chi connectivity index (χ0) is 17.6. The van der Waals surface area contributed by atoms with Crippen molar-refractivity contribution in [2.45, 2.75) is 25.3 Å². The predicted octanol–water partition coefficient (Wildman–Crippen LogP) is 2.03. The monoisotopic (exact) mass is 355 g/mol. The van der Waals surface area contributed by atoms with Crippen LogP contribution in [0.15, 0.2) is 36.4 Å². The molecule has 4 rings (SSSR count). The number of para-hydroxylation sites is 1. The lowest BCUT2D eigenvalue weighted by molar-refractivity contribution is -0.125. The molecule has 25 heavy (non-hydrogen) atoms. The van der Waals surface area contributed by atoms with Gasteiger partial charge in [0.05, 0.1) is 5.41 Å². The van der Waals surface area contributed by atoms with E-state index in [0.717, 1.165) is 30.8 Å². The summed E-state index contributed by atoms with van der Waals surface area (Å²) in [7, 11) is 0. The number of hydrogen-bond acceptors (Lipinski definition) is 4. The Hall–Kier alpha value is -2.18. The molecule has 1 saturated heterocycles. The first-order valence-electron chi connectivity index (χ1n) is 8.47. The Morgan fingerprint density at radius 1 is 1.28 bits per heavy atom. The number of amides is 2. The number of benzene rings is 1. The van der Waals surface area contributed by atoms with Crippen molar-refractivity contribution < 1.29 is 9.59 Å². The molecule has 2 N–H and O–H groups in total. The molecule has 1 unspecified atom stereocenters. The van der Waals surface area contributed by atoms with Crippen LogP contribution in [-0.4, -0.2) is 36.3 Å². The smallest absolute Gasteiger partial charge is 0.239 e. The van der Waals surface area contributed by atoms with Crippen molar-refractivity contribution in [2.75, 3.05) is 24.5 Å². The first-order chi connectivity index (χ1) is 12.0. The summed E-state index contributed by atoms with van der Waals surface area (Å²) in [6.45, 7) is 4.49. The molecule has 6 heteroatoms. The second-order valence-electron chi connectivity index (χ2n) is 6.93. The molecule has 2 amide bonds. The SMILES string of the molecule is Cc1ccc(CN2CCC3(C2)C(=O)N(CC(N)=O)c2ccccc23)s1. The molecule has 2 aliphatic heterocycles. The molecular weight excluding hydrogens is 334 g/mol. The van der Waals surface area contributed by atoms with Gasteiger partial charge >= 0.3 is 0 Å². The highest BCUT2D eigenvalue weighted by atomic mass is 32.1. The summed E-state index contributed by atoms with van der Waals surface area (Å²) in [5.41, 5.74) is 6.69. The van der Waals surface area contributed by atoms with Crippen LogP contribution in [0, 0.1) is 6.92 Å². The molecular formula is C19H21N3O2S. The molecule has 1 spiro atoms. The van der Waals surface area contributed by atoms with E-state index in [2.05, 4.69) is 24.0 Å². The molecule has 2 aliphatic rings. The van der Waals surface area contributed by atoms with Crippen LogP contribution < -0.4 is 10.6 Å². The third-order valence-corrected chi connectivity index (χ3v) is 6.19. The van der Waals surface area contributed by atoms with Gasteiger partial charge in [0.15, 0.2) is 0 Å². The number of carbonyl (C=O) groups excluding carboxylic acids is 2. The molecule has 1 fully saturated rings. The van der Waals surface area contributed by atoms with Crippen LogP contribution in [-0.2, 0) is 21.5 Å². The molecule has 0 aliphatic carbocycles. The number of fused-ring (bicyclic) bond motifs is 2. The van der Waals surface area contributed by atoms with Crippen molar-refractivity contribution in [2.24, 2.45) is 5.73 Å². The van der Waals surface area contributed by atoms with Crippen molar-refractivity contribution in [3.05, 3.63) is 51.7 Å². The fraction of sp³-hybridized carbons (Fsp3) is 0.368. The Bertz CT molecular complexity index is 847. The molecule has 0 bridgehead atoms. The molecule has 2 aromatic rings. The van der Waals surface area contributed by atoms with Gasteiger partial charge in [0, 0.05) is 28.5 Å². The van der Waals surface area contributed by atoms with Crippen molar-refractivity contribution in [3.63, 3.8) is 0 Å². The zero-order valence-corrected chi connectivity index (χ0v) is 15.0. The van der Waals surface area contributed by atoms with Crippen LogP contribution in [0.5, 0.6) is 0 Å². The number of primary amides is 1. The lowest BCUT2D eigenvalue weighted by atomic mass is 9.81. The number of carbonyl (C=O) groups is 2. The first-order valence-corrected chi connectivity index (χ1v) is 9.29. The van der Waals surface area contributed by atoms with E-state index in [1.165, 1.54) is 9.75 Å². The van der Waals surface area contributed by atoms with Gasteiger partial charge in [0.1, 0.15) is 6.54 Å². The second kappa shape index (κ2) is 5.97. The Balaban J connectivity index is 1.63. The van der Waals surface area contributed by atoms with Gasteiger partial charge in [-0.3, -0.25) is 14.5 Å². The Kier molecular flexibility index (Phi) is 3.89. The van der Waals surface area contributed by atoms with E-state index < -0.39 is 11.3 Å². The predicted molar refractivity (Wildman–Crippen MR) is 98.6 cm³/mol. The number of aryl methyl sites for hydroxylation is 1. The minimum atomic E-state index is -0.543. The summed E-state index contributed by atoms with van der Waals surface area (Å²) in [5.74, 6) is -0.471. The lowest BCUT2D eigenvalue weighted by Crippen LogP contribution is -2.45. The Morgan fingerprint density at radius 2 is 2.08 bits per heavy atom. The fourth-order valence-electron chi connectivity index (χ4n) is 4.12. The first kappa shape index (κ1) is 16.3. The van der Waals surface area contributed by atoms with Crippen LogP contribution in [0.4, 0.5) is 5.69 Å². The quantitative estimate of drug-likeness (QED) is 0.913. The highest BCUT2D eigenvalue weighted by molar-refractivity contribution is 7.11. The van der Waals surface area contributed by atoms with Gasteiger partial charge in [0.25, 0.3) is 0 Å². The maximum Gasteiger partial charge on any atom is 0.239 e. The number of anilines is 1. The van der Waals surface area contributed by atoms with Gasteiger partial charge in [-0.2, -0.15) is 0 Å². The standard InChI is InChI=1S/C19H21N3O2S/c1-13-6-7-14(25-13)10-21-9-8-19(12-21)15-4-2-3-5-16(15)22(18(19)24)11-17(20)23/h2-7H,8-12H2,1H3,(H2,20,23). The van der Waals surface area contributed by atoms with Crippen molar-refractivity contribution in [1.29, 1.82) is 0 Å². The lowest BCUT2D eigenvalue weighted by Gasteiger charge is -2.24. The number of nitrogens with two attached hydrogens (primary N) is 1. The number of thiophene rings is 1. The van der Waals surface area contributed by atoms with E-state index in [1.54, 1.807) is 16.2 Å².